The number of amides is 2. The highest BCUT2D eigenvalue weighted by molar-refractivity contribution is 5.86. The van der Waals surface area contributed by atoms with E-state index in [2.05, 4.69) is 65.3 Å². The van der Waals surface area contributed by atoms with Gasteiger partial charge in [-0.25, -0.2) is 4.79 Å². The molecule has 5 heteroatoms. The molecule has 41 heavy (non-hydrogen) atoms. The van der Waals surface area contributed by atoms with Crippen molar-refractivity contribution in [3.05, 3.63) is 120 Å². The second-order valence-corrected chi connectivity index (χ2v) is 11.6. The fourth-order valence-electron chi connectivity index (χ4n) is 6.42. The molecule has 2 atom stereocenters. The zero-order valence-corrected chi connectivity index (χ0v) is 24.2. The van der Waals surface area contributed by atoms with Crippen LogP contribution >= 0.6 is 0 Å². The van der Waals surface area contributed by atoms with Crippen molar-refractivity contribution in [1.82, 2.24) is 16.0 Å². The van der Waals surface area contributed by atoms with Crippen LogP contribution in [0.5, 0.6) is 0 Å². The quantitative estimate of drug-likeness (QED) is 0.171. The van der Waals surface area contributed by atoms with Gasteiger partial charge in [0.05, 0.1) is 6.04 Å². The third kappa shape index (κ3) is 6.80. The number of nitrogens with one attached hydrogen (secondary N) is 3. The Bertz CT molecular complexity index is 1360. The molecule has 1 aliphatic rings. The lowest BCUT2D eigenvalue weighted by Gasteiger charge is -2.36. The van der Waals surface area contributed by atoms with E-state index in [4.69, 9.17) is 0 Å². The molecule has 5 nitrogen and oxygen atoms in total. The van der Waals surface area contributed by atoms with Gasteiger partial charge in [0.2, 0.25) is 0 Å². The summed E-state index contributed by atoms with van der Waals surface area (Å²) in [6.07, 6.45) is 5.33. The normalized spacial score (nSPS) is 18.9. The molecule has 0 aliphatic heterocycles. The number of rotatable bonds is 10. The number of fused-ring (bicyclic) bond motifs is 1. The maximum Gasteiger partial charge on any atom is 0.315 e. The van der Waals surface area contributed by atoms with Crippen molar-refractivity contribution in [2.45, 2.75) is 69.7 Å². The van der Waals surface area contributed by atoms with Gasteiger partial charge < -0.3 is 21.1 Å². The number of urea groups is 1. The third-order valence-electron chi connectivity index (χ3n) is 8.88. The number of carbonyl (C=O) groups excluding carboxylic acids is 1. The fraction of sp³-hybridized carbons (Fsp3) is 0.361. The lowest BCUT2D eigenvalue weighted by atomic mass is 9.81. The van der Waals surface area contributed by atoms with Crippen molar-refractivity contribution in [2.75, 3.05) is 6.54 Å². The molecule has 0 saturated heterocycles. The maximum atomic E-state index is 13.0. The Labute approximate surface area is 244 Å². The van der Waals surface area contributed by atoms with E-state index in [0.717, 1.165) is 49.8 Å². The molecule has 1 aliphatic carbocycles. The van der Waals surface area contributed by atoms with Crippen LogP contribution in [0.1, 0.15) is 68.7 Å². The highest BCUT2D eigenvalue weighted by Gasteiger charge is 2.38. The second-order valence-electron chi connectivity index (χ2n) is 11.6. The third-order valence-corrected chi connectivity index (χ3v) is 8.88. The van der Waals surface area contributed by atoms with Crippen LogP contribution in [0, 0.1) is 5.92 Å². The summed E-state index contributed by atoms with van der Waals surface area (Å²) in [5.74, 6) is 0.670. The van der Waals surface area contributed by atoms with E-state index in [1.807, 2.05) is 67.6 Å². The van der Waals surface area contributed by atoms with E-state index >= 15 is 0 Å². The molecule has 1 saturated carbocycles. The molecular formula is C36H43N3O2. The standard InChI is InChI=1S/C36H43N3O2/c1-26(33-19-11-13-29-12-9-10-18-34(29)33)37-25-24-28-20-22-32(23-21-28)39-35(40)38-27(2)36(41,30-14-5-3-6-15-30)31-16-7-4-8-17-31/h3-19,26-28,32,37,41H,20-25H2,1-2H3,(H2,38,39,40)/t26-,27?,28?,32?/m0/s1. The summed E-state index contributed by atoms with van der Waals surface area (Å²) >= 11 is 0. The average molecular weight is 550 g/mol. The van der Waals surface area contributed by atoms with Gasteiger partial charge in [-0.1, -0.05) is 103 Å². The summed E-state index contributed by atoms with van der Waals surface area (Å²) in [6.45, 7) is 5.10. The summed E-state index contributed by atoms with van der Waals surface area (Å²) < 4.78 is 0. The van der Waals surface area contributed by atoms with E-state index in [9.17, 15) is 9.90 Å². The zero-order chi connectivity index (χ0) is 28.7. The van der Waals surface area contributed by atoms with E-state index in [1.165, 1.54) is 16.3 Å². The van der Waals surface area contributed by atoms with Gasteiger partial charge in [-0.05, 0) is 85.9 Å². The molecule has 4 N–H and O–H groups in total. The molecule has 1 unspecified atom stereocenters. The highest BCUT2D eigenvalue weighted by atomic mass is 16.3. The first-order valence-corrected chi connectivity index (χ1v) is 15.1. The predicted molar refractivity (Wildman–Crippen MR) is 168 cm³/mol. The molecule has 0 aromatic heterocycles. The average Bonchev–Trinajstić information content (AvgIpc) is 3.02. The van der Waals surface area contributed by atoms with Crippen LogP contribution in [0.3, 0.4) is 0 Å². The van der Waals surface area contributed by atoms with Crippen molar-refractivity contribution in [3.8, 4) is 0 Å². The lowest BCUT2D eigenvalue weighted by molar-refractivity contribution is 0.0470. The molecule has 4 aromatic rings. The summed E-state index contributed by atoms with van der Waals surface area (Å²) in [4.78, 5) is 13.0. The Hall–Kier alpha value is -3.67. The predicted octanol–water partition coefficient (Wildman–Crippen LogP) is 7.06. The van der Waals surface area contributed by atoms with Gasteiger partial charge >= 0.3 is 6.03 Å². The van der Waals surface area contributed by atoms with Gasteiger partial charge in [-0.15, -0.1) is 0 Å². The van der Waals surface area contributed by atoms with Gasteiger partial charge in [0.15, 0.2) is 0 Å². The molecule has 0 spiro atoms. The monoisotopic (exact) mass is 549 g/mol. The SMILES string of the molecule is CC(NC(=O)NC1CCC(CCN[C@@H](C)c2cccc3ccccc23)CC1)C(O)(c1ccccc1)c1ccccc1. The molecule has 0 heterocycles. The summed E-state index contributed by atoms with van der Waals surface area (Å²) in [5, 5.41) is 24.5. The number of carbonyl (C=O) groups is 1. The molecule has 214 valence electrons. The first-order chi connectivity index (χ1) is 19.9. The molecule has 4 aromatic carbocycles. The van der Waals surface area contributed by atoms with Crippen LogP contribution in [0.2, 0.25) is 0 Å². The van der Waals surface area contributed by atoms with Crippen molar-refractivity contribution in [3.63, 3.8) is 0 Å². The van der Waals surface area contributed by atoms with Crippen LogP contribution in [0.15, 0.2) is 103 Å². The second kappa shape index (κ2) is 13.3. The van der Waals surface area contributed by atoms with Gasteiger partial charge in [-0.2, -0.15) is 0 Å². The summed E-state index contributed by atoms with van der Waals surface area (Å²) in [6, 6.07) is 33.9. The maximum absolute atomic E-state index is 13.0. The first-order valence-electron chi connectivity index (χ1n) is 15.1. The topological polar surface area (TPSA) is 73.4 Å². The fourth-order valence-corrected chi connectivity index (χ4v) is 6.42. The number of hydrogen-bond donors (Lipinski definition) is 4. The van der Waals surface area contributed by atoms with E-state index < -0.39 is 11.6 Å². The molecular weight excluding hydrogens is 506 g/mol. The lowest BCUT2D eigenvalue weighted by Crippen LogP contribution is -2.54. The highest BCUT2D eigenvalue weighted by Crippen LogP contribution is 2.33. The van der Waals surface area contributed by atoms with Crippen molar-refractivity contribution < 1.29 is 9.90 Å². The van der Waals surface area contributed by atoms with Gasteiger partial charge in [0, 0.05) is 12.1 Å². The Morgan fingerprint density at radius 1 is 0.805 bits per heavy atom. The smallest absolute Gasteiger partial charge is 0.315 e. The van der Waals surface area contributed by atoms with Crippen LogP contribution in [-0.4, -0.2) is 29.8 Å². The van der Waals surface area contributed by atoms with Crippen molar-refractivity contribution in [1.29, 1.82) is 0 Å². The minimum absolute atomic E-state index is 0.155. The Morgan fingerprint density at radius 3 is 2.05 bits per heavy atom. The minimum Gasteiger partial charge on any atom is -0.378 e. The minimum atomic E-state index is -1.34. The zero-order valence-electron chi connectivity index (χ0n) is 24.2. The van der Waals surface area contributed by atoms with Crippen molar-refractivity contribution in [2.24, 2.45) is 5.92 Å². The Morgan fingerprint density at radius 2 is 1.39 bits per heavy atom. The van der Waals surface area contributed by atoms with Gasteiger partial charge in [0.1, 0.15) is 5.60 Å². The van der Waals surface area contributed by atoms with Crippen LogP contribution < -0.4 is 16.0 Å². The summed E-state index contributed by atoms with van der Waals surface area (Å²) in [7, 11) is 0. The molecule has 2 amide bonds. The molecule has 1 fully saturated rings. The van der Waals surface area contributed by atoms with E-state index in [-0.39, 0.29) is 12.1 Å². The largest absolute Gasteiger partial charge is 0.378 e. The molecule has 0 radical (unpaired) electrons. The van der Waals surface area contributed by atoms with Crippen LogP contribution in [0.25, 0.3) is 10.8 Å². The van der Waals surface area contributed by atoms with Crippen molar-refractivity contribution >= 4 is 16.8 Å². The number of aliphatic hydroxyl groups is 1. The van der Waals surface area contributed by atoms with Gasteiger partial charge in [-0.3, -0.25) is 0 Å². The Kier molecular flexibility index (Phi) is 9.38. The van der Waals surface area contributed by atoms with Crippen LogP contribution in [0.4, 0.5) is 4.79 Å². The van der Waals surface area contributed by atoms with E-state index in [0.29, 0.717) is 12.0 Å². The first kappa shape index (κ1) is 28.8. The summed E-state index contributed by atoms with van der Waals surface area (Å²) in [5.41, 5.74) is 1.52. The van der Waals surface area contributed by atoms with Gasteiger partial charge in [0.25, 0.3) is 0 Å². The molecule has 5 rings (SSSR count). The Balaban J connectivity index is 1.09. The van der Waals surface area contributed by atoms with E-state index in [1.54, 1.807) is 0 Å². The number of benzene rings is 4. The molecule has 0 bridgehead atoms. The number of hydrogen-bond acceptors (Lipinski definition) is 3. The van der Waals surface area contributed by atoms with Crippen LogP contribution in [-0.2, 0) is 5.60 Å².